The Morgan fingerprint density at radius 1 is 1.06 bits per heavy atom. The van der Waals surface area contributed by atoms with Crippen molar-refractivity contribution < 1.29 is 23.9 Å². The lowest BCUT2D eigenvalue weighted by Crippen LogP contribution is -2.44. The van der Waals surface area contributed by atoms with Gasteiger partial charge in [0.25, 0.3) is 11.1 Å². The third-order valence-corrected chi connectivity index (χ3v) is 6.23. The van der Waals surface area contributed by atoms with Gasteiger partial charge in [0.15, 0.2) is 0 Å². The van der Waals surface area contributed by atoms with E-state index in [0.29, 0.717) is 30.2 Å². The van der Waals surface area contributed by atoms with Gasteiger partial charge in [0.1, 0.15) is 18.0 Å². The summed E-state index contributed by atoms with van der Waals surface area (Å²) in [6, 6.07) is 13.2. The third-order valence-electron chi connectivity index (χ3n) is 5.32. The molecule has 0 spiro atoms. The number of fused-ring (bicyclic) bond motifs is 1. The number of thioether (sulfide) groups is 1. The summed E-state index contributed by atoms with van der Waals surface area (Å²) in [6.45, 7) is 0.807. The first-order chi connectivity index (χ1) is 15.0. The molecule has 0 radical (unpaired) electrons. The number of ether oxygens (including phenoxy) is 2. The molecule has 0 atom stereocenters. The summed E-state index contributed by atoms with van der Waals surface area (Å²) in [5, 5.41) is -0.447. The molecule has 0 aliphatic carbocycles. The molecule has 1 saturated heterocycles. The molecule has 160 valence electrons. The van der Waals surface area contributed by atoms with Crippen LogP contribution in [0.1, 0.15) is 16.7 Å². The summed E-state index contributed by atoms with van der Waals surface area (Å²) in [5.41, 5.74) is 3.00. The molecule has 8 heteroatoms. The van der Waals surface area contributed by atoms with Crippen LogP contribution in [0.2, 0.25) is 0 Å². The van der Waals surface area contributed by atoms with Crippen LogP contribution in [-0.4, -0.2) is 54.2 Å². The fraction of sp³-hybridized carbons (Fsp3) is 0.261. The number of methoxy groups -OCH3 is 2. The maximum absolute atomic E-state index is 12.8. The highest BCUT2D eigenvalue weighted by Gasteiger charge is 2.37. The molecule has 2 aromatic rings. The molecular weight excluding hydrogens is 416 g/mol. The van der Waals surface area contributed by atoms with Crippen molar-refractivity contribution in [2.45, 2.75) is 13.0 Å². The number of hydrogen-bond acceptors (Lipinski definition) is 6. The van der Waals surface area contributed by atoms with Gasteiger partial charge in [-0.2, -0.15) is 0 Å². The maximum atomic E-state index is 12.8. The predicted molar refractivity (Wildman–Crippen MR) is 118 cm³/mol. The number of amides is 3. The minimum absolute atomic E-state index is 0.235. The van der Waals surface area contributed by atoms with Crippen molar-refractivity contribution in [3.8, 4) is 11.5 Å². The molecule has 1 fully saturated rings. The number of benzene rings is 2. The van der Waals surface area contributed by atoms with E-state index in [4.69, 9.17) is 9.47 Å². The maximum Gasteiger partial charge on any atom is 0.294 e. The Balaban J connectivity index is 1.48. The van der Waals surface area contributed by atoms with Crippen LogP contribution in [0.4, 0.5) is 4.79 Å². The summed E-state index contributed by atoms with van der Waals surface area (Å²) in [5.74, 6) is 0.444. The molecule has 0 saturated carbocycles. The van der Waals surface area contributed by atoms with Crippen LogP contribution >= 0.6 is 11.8 Å². The summed E-state index contributed by atoms with van der Waals surface area (Å²) >= 11 is 0.827. The van der Waals surface area contributed by atoms with E-state index in [-0.39, 0.29) is 17.4 Å². The van der Waals surface area contributed by atoms with E-state index in [1.165, 1.54) is 19.8 Å². The smallest absolute Gasteiger partial charge is 0.294 e. The van der Waals surface area contributed by atoms with E-state index in [9.17, 15) is 14.4 Å². The normalized spacial score (nSPS) is 17.2. The molecule has 2 aliphatic heterocycles. The van der Waals surface area contributed by atoms with Crippen molar-refractivity contribution in [3.05, 3.63) is 64.1 Å². The van der Waals surface area contributed by atoms with Crippen LogP contribution in [0.5, 0.6) is 11.5 Å². The SMILES string of the molecule is COc1cc(/C=C2/SC(=O)N(CC(=O)N3CCc4ccccc4C3)C2=O)cc(OC)c1. The van der Waals surface area contributed by atoms with Crippen LogP contribution in [-0.2, 0) is 22.6 Å². The molecular formula is C23H22N2O5S. The first-order valence-electron chi connectivity index (χ1n) is 9.81. The van der Waals surface area contributed by atoms with Gasteiger partial charge in [-0.15, -0.1) is 0 Å². The fourth-order valence-corrected chi connectivity index (χ4v) is 4.48. The van der Waals surface area contributed by atoms with Crippen molar-refractivity contribution in [2.24, 2.45) is 0 Å². The Bertz CT molecular complexity index is 1060. The minimum atomic E-state index is -0.470. The summed E-state index contributed by atoms with van der Waals surface area (Å²) in [7, 11) is 3.08. The molecule has 0 aromatic heterocycles. The Kier molecular flexibility index (Phi) is 5.99. The second-order valence-electron chi connectivity index (χ2n) is 7.25. The average molecular weight is 439 g/mol. The molecule has 7 nitrogen and oxygen atoms in total. The largest absolute Gasteiger partial charge is 0.497 e. The zero-order chi connectivity index (χ0) is 22.0. The Morgan fingerprint density at radius 2 is 1.74 bits per heavy atom. The van der Waals surface area contributed by atoms with E-state index in [1.54, 1.807) is 29.2 Å². The zero-order valence-corrected chi connectivity index (χ0v) is 18.1. The average Bonchev–Trinajstić information content (AvgIpc) is 3.05. The summed E-state index contributed by atoms with van der Waals surface area (Å²) in [4.78, 5) is 41.1. The molecule has 0 unspecified atom stereocenters. The van der Waals surface area contributed by atoms with Gasteiger partial charge >= 0.3 is 0 Å². The van der Waals surface area contributed by atoms with Crippen molar-refractivity contribution in [3.63, 3.8) is 0 Å². The van der Waals surface area contributed by atoms with Crippen LogP contribution in [0.15, 0.2) is 47.4 Å². The topological polar surface area (TPSA) is 76.2 Å². The first-order valence-corrected chi connectivity index (χ1v) is 10.6. The van der Waals surface area contributed by atoms with Crippen molar-refractivity contribution in [1.29, 1.82) is 0 Å². The molecule has 0 N–H and O–H groups in total. The first kappa shape index (κ1) is 21.0. The third kappa shape index (κ3) is 4.44. The highest BCUT2D eigenvalue weighted by molar-refractivity contribution is 8.18. The number of nitrogens with zero attached hydrogens (tertiary/aromatic N) is 2. The molecule has 2 aromatic carbocycles. The van der Waals surface area contributed by atoms with E-state index in [1.807, 2.05) is 18.2 Å². The molecule has 2 aliphatic rings. The van der Waals surface area contributed by atoms with E-state index in [0.717, 1.165) is 28.6 Å². The lowest BCUT2D eigenvalue weighted by Gasteiger charge is -2.29. The van der Waals surface area contributed by atoms with Gasteiger partial charge in [-0.25, -0.2) is 0 Å². The zero-order valence-electron chi connectivity index (χ0n) is 17.3. The van der Waals surface area contributed by atoms with Gasteiger partial charge < -0.3 is 14.4 Å². The van der Waals surface area contributed by atoms with Gasteiger partial charge in [0.05, 0.1) is 19.1 Å². The Morgan fingerprint density at radius 3 is 2.42 bits per heavy atom. The van der Waals surface area contributed by atoms with E-state index >= 15 is 0 Å². The molecule has 4 rings (SSSR count). The van der Waals surface area contributed by atoms with E-state index in [2.05, 4.69) is 6.07 Å². The monoisotopic (exact) mass is 438 g/mol. The standard InChI is InChI=1S/C23H22N2O5S/c1-29-18-9-15(10-19(12-18)30-2)11-20-22(27)25(23(28)31-20)14-21(26)24-8-7-16-5-3-4-6-17(16)13-24/h3-6,9-12H,7-8,13-14H2,1-2H3/b20-11+. The van der Waals surface area contributed by atoms with Gasteiger partial charge in [-0.3, -0.25) is 19.3 Å². The second-order valence-corrected chi connectivity index (χ2v) is 8.24. The quantitative estimate of drug-likeness (QED) is 0.667. The predicted octanol–water partition coefficient (Wildman–Crippen LogP) is 3.33. The number of rotatable bonds is 5. The number of imide groups is 1. The highest BCUT2D eigenvalue weighted by atomic mass is 32.2. The van der Waals surface area contributed by atoms with Crippen LogP contribution in [0, 0.1) is 0 Å². The Hall–Kier alpha value is -3.26. The van der Waals surface area contributed by atoms with Crippen LogP contribution in [0.25, 0.3) is 6.08 Å². The number of hydrogen-bond donors (Lipinski definition) is 0. The van der Waals surface area contributed by atoms with Gasteiger partial charge in [-0.05, 0) is 53.1 Å². The summed E-state index contributed by atoms with van der Waals surface area (Å²) in [6.07, 6.45) is 2.37. The van der Waals surface area contributed by atoms with Crippen LogP contribution < -0.4 is 9.47 Å². The molecule has 3 amide bonds. The molecule has 0 bridgehead atoms. The second kappa shape index (κ2) is 8.85. The fourth-order valence-electron chi connectivity index (χ4n) is 3.64. The van der Waals surface area contributed by atoms with Crippen LogP contribution in [0.3, 0.4) is 0 Å². The minimum Gasteiger partial charge on any atom is -0.497 e. The van der Waals surface area contributed by atoms with Crippen molar-refractivity contribution in [2.75, 3.05) is 27.3 Å². The lowest BCUT2D eigenvalue weighted by molar-refractivity contribution is -0.136. The Labute approximate surface area is 184 Å². The van der Waals surface area contributed by atoms with Gasteiger partial charge in [0, 0.05) is 19.2 Å². The van der Waals surface area contributed by atoms with Crippen molar-refractivity contribution >= 4 is 34.9 Å². The summed E-state index contributed by atoms with van der Waals surface area (Å²) < 4.78 is 10.5. The van der Waals surface area contributed by atoms with E-state index < -0.39 is 11.1 Å². The molecule has 2 heterocycles. The molecule has 31 heavy (non-hydrogen) atoms. The van der Waals surface area contributed by atoms with Crippen molar-refractivity contribution in [1.82, 2.24) is 9.80 Å². The van der Waals surface area contributed by atoms with Gasteiger partial charge in [-0.1, -0.05) is 24.3 Å². The van der Waals surface area contributed by atoms with Gasteiger partial charge in [0.2, 0.25) is 5.91 Å². The highest BCUT2D eigenvalue weighted by Crippen LogP contribution is 2.34. The number of carbonyl (C=O) groups is 3. The number of carbonyl (C=O) groups excluding carboxylic acids is 3. The lowest BCUT2D eigenvalue weighted by atomic mass is 10.00.